The summed E-state index contributed by atoms with van der Waals surface area (Å²) in [5, 5.41) is 1.81. The van der Waals surface area contributed by atoms with Crippen molar-refractivity contribution in [3.63, 3.8) is 0 Å². The lowest BCUT2D eigenvalue weighted by Crippen LogP contribution is -2.40. The summed E-state index contributed by atoms with van der Waals surface area (Å²) >= 11 is 1.31. The summed E-state index contributed by atoms with van der Waals surface area (Å²) in [5.41, 5.74) is 0.481. The zero-order chi connectivity index (χ0) is 19.0. The molecule has 1 aliphatic heterocycles. The number of carbonyl (C=O) groups is 3. The molecule has 2 aromatic rings. The standard InChI is InChI=1S/C22H17NO4S/c24-20-18-13-6-7-14(16-10-15(13)16)19(18)21(25)23(20)11-3-1-4-12(9-11)27-22(26)17-5-2-8-28-17/h1-9,13-16,18-19H,10H2/t13-,14-,15-,16+,18+,19+/m0/s1. The van der Waals surface area contributed by atoms with E-state index < -0.39 is 5.97 Å². The van der Waals surface area contributed by atoms with E-state index >= 15 is 0 Å². The van der Waals surface area contributed by atoms with Crippen LogP contribution in [0.5, 0.6) is 5.75 Å². The van der Waals surface area contributed by atoms with Gasteiger partial charge in [0.25, 0.3) is 0 Å². The van der Waals surface area contributed by atoms with Crippen LogP contribution < -0.4 is 9.64 Å². The van der Waals surface area contributed by atoms with Crippen molar-refractivity contribution < 1.29 is 19.1 Å². The fourth-order valence-electron chi connectivity index (χ4n) is 5.45. The van der Waals surface area contributed by atoms with Crippen molar-refractivity contribution in [2.45, 2.75) is 6.42 Å². The third kappa shape index (κ3) is 2.15. The number of esters is 1. The van der Waals surface area contributed by atoms with E-state index in [0.717, 1.165) is 6.42 Å². The third-order valence-corrected chi connectivity index (χ3v) is 7.52. The van der Waals surface area contributed by atoms with Crippen molar-refractivity contribution in [3.05, 3.63) is 58.8 Å². The van der Waals surface area contributed by atoms with E-state index in [9.17, 15) is 14.4 Å². The fourth-order valence-corrected chi connectivity index (χ4v) is 6.05. The van der Waals surface area contributed by atoms with Crippen LogP contribution in [-0.4, -0.2) is 17.8 Å². The Bertz CT molecular complexity index is 1010. The molecule has 6 heteroatoms. The Hall–Kier alpha value is -2.73. The first-order valence-corrected chi connectivity index (χ1v) is 10.4. The highest BCUT2D eigenvalue weighted by atomic mass is 32.1. The number of benzene rings is 1. The zero-order valence-electron chi connectivity index (χ0n) is 14.9. The molecule has 28 heavy (non-hydrogen) atoms. The largest absolute Gasteiger partial charge is 0.422 e. The lowest BCUT2D eigenvalue weighted by molar-refractivity contribution is -0.124. The van der Waals surface area contributed by atoms with Gasteiger partial charge < -0.3 is 4.74 Å². The quantitative estimate of drug-likeness (QED) is 0.348. The lowest BCUT2D eigenvalue weighted by Gasteiger charge is -2.37. The second-order valence-electron chi connectivity index (χ2n) is 8.03. The molecule has 2 bridgehead atoms. The highest BCUT2D eigenvalue weighted by Crippen LogP contribution is 2.65. The van der Waals surface area contributed by atoms with Gasteiger partial charge in [-0.25, -0.2) is 9.69 Å². The maximum absolute atomic E-state index is 13.2. The molecule has 2 heterocycles. The van der Waals surface area contributed by atoms with Crippen molar-refractivity contribution in [2.24, 2.45) is 35.5 Å². The van der Waals surface area contributed by atoms with Gasteiger partial charge in [-0.3, -0.25) is 9.59 Å². The van der Waals surface area contributed by atoms with Crippen LogP contribution in [0, 0.1) is 35.5 Å². The number of carbonyl (C=O) groups excluding carboxylic acids is 3. The molecular weight excluding hydrogens is 374 g/mol. The Labute approximate surface area is 165 Å². The third-order valence-electron chi connectivity index (χ3n) is 6.67. The van der Waals surface area contributed by atoms with Crippen LogP contribution in [-0.2, 0) is 9.59 Å². The Balaban J connectivity index is 1.30. The molecule has 1 aromatic carbocycles. The van der Waals surface area contributed by atoms with Crippen LogP contribution >= 0.6 is 11.3 Å². The minimum absolute atomic E-state index is 0.110. The fraction of sp³-hybridized carbons (Fsp3) is 0.318. The summed E-state index contributed by atoms with van der Waals surface area (Å²) in [5.74, 6) is 0.743. The minimum Gasteiger partial charge on any atom is -0.422 e. The smallest absolute Gasteiger partial charge is 0.353 e. The van der Waals surface area contributed by atoms with Gasteiger partial charge in [-0.15, -0.1) is 11.3 Å². The maximum Gasteiger partial charge on any atom is 0.353 e. The van der Waals surface area contributed by atoms with Crippen molar-refractivity contribution in [3.8, 4) is 5.75 Å². The molecule has 140 valence electrons. The molecule has 3 fully saturated rings. The summed E-state index contributed by atoms with van der Waals surface area (Å²) in [4.78, 5) is 40.4. The summed E-state index contributed by atoms with van der Waals surface area (Å²) in [7, 11) is 0. The molecule has 1 aromatic heterocycles. The van der Waals surface area contributed by atoms with Gasteiger partial charge in [0.15, 0.2) is 0 Å². The zero-order valence-corrected chi connectivity index (χ0v) is 15.7. The second kappa shape index (κ2) is 5.64. The van der Waals surface area contributed by atoms with E-state index in [1.165, 1.54) is 16.2 Å². The number of anilines is 1. The summed E-state index contributed by atoms with van der Waals surface area (Å²) < 4.78 is 5.44. The topological polar surface area (TPSA) is 63.7 Å². The highest BCUT2D eigenvalue weighted by Gasteiger charge is 2.67. The predicted octanol–water partition coefficient (Wildman–Crippen LogP) is 3.52. The molecule has 4 aliphatic carbocycles. The average Bonchev–Trinajstić information content (AvgIpc) is 3.26. The molecule has 2 amide bonds. The number of allylic oxidation sites excluding steroid dienone is 2. The van der Waals surface area contributed by atoms with Gasteiger partial charge in [0, 0.05) is 6.07 Å². The molecular formula is C22H17NO4S. The van der Waals surface area contributed by atoms with Crippen LogP contribution in [0.1, 0.15) is 16.1 Å². The molecule has 7 rings (SSSR count). The monoisotopic (exact) mass is 391 g/mol. The lowest BCUT2D eigenvalue weighted by atomic mass is 9.63. The molecule has 5 aliphatic rings. The molecule has 0 radical (unpaired) electrons. The SMILES string of the molecule is O=C(Oc1cccc(N2C(=O)[C@@H]3[C@H]4C=C[C@@H]([C@@H]5C[C@H]45)[C@H]3C2=O)c1)c1cccs1. The molecule has 0 spiro atoms. The average molecular weight is 391 g/mol. The number of imide groups is 1. The molecule has 6 atom stereocenters. The summed E-state index contributed by atoms with van der Waals surface area (Å²) in [6, 6.07) is 10.2. The van der Waals surface area contributed by atoms with Gasteiger partial charge in [0.05, 0.1) is 17.5 Å². The minimum atomic E-state index is -0.442. The number of nitrogens with zero attached hydrogens (tertiary/aromatic N) is 1. The Morgan fingerprint density at radius 1 is 1.00 bits per heavy atom. The van der Waals surface area contributed by atoms with E-state index in [2.05, 4.69) is 12.2 Å². The van der Waals surface area contributed by atoms with E-state index in [1.807, 2.05) is 5.38 Å². The van der Waals surface area contributed by atoms with Gasteiger partial charge in [-0.05, 0) is 53.7 Å². The van der Waals surface area contributed by atoms with E-state index in [-0.39, 0.29) is 35.5 Å². The maximum atomic E-state index is 13.2. The van der Waals surface area contributed by atoms with Crippen LogP contribution in [0.15, 0.2) is 53.9 Å². The van der Waals surface area contributed by atoms with Gasteiger partial charge in [-0.2, -0.15) is 0 Å². The van der Waals surface area contributed by atoms with E-state index in [4.69, 9.17) is 4.74 Å². The Morgan fingerprint density at radius 3 is 2.36 bits per heavy atom. The van der Waals surface area contributed by atoms with E-state index in [0.29, 0.717) is 28.1 Å². The summed E-state index contributed by atoms with van der Waals surface area (Å²) in [6.07, 6.45) is 5.46. The highest BCUT2D eigenvalue weighted by molar-refractivity contribution is 7.12. The van der Waals surface area contributed by atoms with Gasteiger partial charge >= 0.3 is 5.97 Å². The molecule has 2 saturated carbocycles. The van der Waals surface area contributed by atoms with Crippen molar-refractivity contribution >= 4 is 34.8 Å². The van der Waals surface area contributed by atoms with Crippen LogP contribution in [0.4, 0.5) is 5.69 Å². The van der Waals surface area contributed by atoms with E-state index in [1.54, 1.807) is 36.4 Å². The Morgan fingerprint density at radius 2 is 1.71 bits per heavy atom. The van der Waals surface area contributed by atoms with Gasteiger partial charge in [0.2, 0.25) is 11.8 Å². The van der Waals surface area contributed by atoms with Crippen LogP contribution in [0.3, 0.4) is 0 Å². The number of rotatable bonds is 3. The number of hydrogen-bond donors (Lipinski definition) is 0. The first-order chi connectivity index (χ1) is 13.6. The normalized spacial score (nSPS) is 34.4. The number of thiophene rings is 1. The predicted molar refractivity (Wildman–Crippen MR) is 103 cm³/mol. The number of ether oxygens (including phenoxy) is 1. The molecule has 1 saturated heterocycles. The van der Waals surface area contributed by atoms with Crippen molar-refractivity contribution in [2.75, 3.05) is 4.90 Å². The molecule has 5 nitrogen and oxygen atoms in total. The first-order valence-electron chi connectivity index (χ1n) is 9.55. The number of hydrogen-bond acceptors (Lipinski definition) is 5. The van der Waals surface area contributed by atoms with Gasteiger partial charge in [-0.1, -0.05) is 24.3 Å². The number of amides is 2. The van der Waals surface area contributed by atoms with Crippen molar-refractivity contribution in [1.29, 1.82) is 0 Å². The van der Waals surface area contributed by atoms with Gasteiger partial charge in [0.1, 0.15) is 10.6 Å². The molecule has 0 unspecified atom stereocenters. The summed E-state index contributed by atoms with van der Waals surface area (Å²) in [6.45, 7) is 0. The Kier molecular flexibility index (Phi) is 3.27. The van der Waals surface area contributed by atoms with Crippen LogP contribution in [0.25, 0.3) is 0 Å². The molecule has 0 N–H and O–H groups in total. The first kappa shape index (κ1) is 16.2. The van der Waals surface area contributed by atoms with Crippen molar-refractivity contribution in [1.82, 2.24) is 0 Å². The van der Waals surface area contributed by atoms with Crippen LogP contribution in [0.2, 0.25) is 0 Å². The second-order valence-corrected chi connectivity index (χ2v) is 8.98.